The van der Waals surface area contributed by atoms with Crippen molar-refractivity contribution in [1.29, 1.82) is 0 Å². The summed E-state index contributed by atoms with van der Waals surface area (Å²) in [6.45, 7) is 9.99. The molecule has 0 saturated heterocycles. The Bertz CT molecular complexity index is 479. The summed E-state index contributed by atoms with van der Waals surface area (Å²) in [6, 6.07) is 7.84. The van der Waals surface area contributed by atoms with E-state index in [1.54, 1.807) is 0 Å². The Labute approximate surface area is 134 Å². The van der Waals surface area contributed by atoms with E-state index in [0.29, 0.717) is 5.75 Å². The maximum Gasteiger partial charge on any atom is 0.301 e. The molecule has 4 nitrogen and oxygen atoms in total. The summed E-state index contributed by atoms with van der Waals surface area (Å²) in [7, 11) is 0. The molecule has 120 valence electrons. The van der Waals surface area contributed by atoms with Crippen molar-refractivity contribution in [2.75, 3.05) is 6.61 Å². The lowest BCUT2D eigenvalue weighted by molar-refractivity contribution is 0.0864. The summed E-state index contributed by atoms with van der Waals surface area (Å²) in [4.78, 5) is 0. The van der Waals surface area contributed by atoms with Gasteiger partial charge in [-0.3, -0.25) is 8.74 Å². The molecule has 2 atom stereocenters. The Morgan fingerprint density at radius 1 is 1.19 bits per heavy atom. The second-order valence-corrected chi connectivity index (χ2v) is 7.65. The second-order valence-electron chi connectivity index (χ2n) is 6.45. The molecule has 1 aromatic rings. The number of benzene rings is 1. The van der Waals surface area contributed by atoms with Crippen molar-refractivity contribution in [3.63, 3.8) is 0 Å². The van der Waals surface area contributed by atoms with Crippen LogP contribution in [0.4, 0.5) is 0 Å². The fraction of sp³-hybridized carbons (Fsp3) is 0.600. The van der Waals surface area contributed by atoms with Gasteiger partial charge >= 0.3 is 11.4 Å². The van der Waals surface area contributed by atoms with E-state index in [1.807, 2.05) is 38.1 Å². The summed E-state index contributed by atoms with van der Waals surface area (Å²) in [5.41, 5.74) is 0.570. The van der Waals surface area contributed by atoms with Crippen LogP contribution in [0, 0.1) is 0 Å². The van der Waals surface area contributed by atoms with Crippen molar-refractivity contribution in [2.45, 2.75) is 51.0 Å². The Balaban J connectivity index is 2.72. The van der Waals surface area contributed by atoms with Crippen molar-refractivity contribution in [1.82, 2.24) is 0 Å². The lowest BCUT2D eigenvalue weighted by Crippen LogP contribution is -2.41. The van der Waals surface area contributed by atoms with Gasteiger partial charge in [-0.05, 0) is 37.0 Å². The van der Waals surface area contributed by atoms with E-state index in [0.717, 1.165) is 0 Å². The normalized spacial score (nSPS) is 15.6. The molecular weight excluding hydrogens is 312 g/mol. The fourth-order valence-corrected chi connectivity index (χ4v) is 2.14. The Morgan fingerprint density at radius 3 is 2.14 bits per heavy atom. The van der Waals surface area contributed by atoms with Crippen LogP contribution in [0.15, 0.2) is 24.3 Å². The van der Waals surface area contributed by atoms with Crippen LogP contribution in [0.2, 0.25) is 0 Å². The highest BCUT2D eigenvalue weighted by atomic mass is 35.5. The third-order valence-corrected chi connectivity index (χ3v) is 4.16. The largest absolute Gasteiger partial charge is 0.486 e. The first kappa shape index (κ1) is 18.4. The maximum atomic E-state index is 10.5. The first-order valence-corrected chi connectivity index (χ1v) is 8.17. The van der Waals surface area contributed by atoms with Crippen LogP contribution < -0.4 is 4.74 Å². The van der Waals surface area contributed by atoms with E-state index in [9.17, 15) is 4.21 Å². The molecule has 2 unspecified atom stereocenters. The molecule has 0 radical (unpaired) electrons. The quantitative estimate of drug-likeness (QED) is 0.633. The first-order valence-electron chi connectivity index (χ1n) is 6.70. The molecular formula is C15H23ClO4S. The average Bonchev–Trinajstić information content (AvgIpc) is 2.34. The molecule has 0 aromatic heterocycles. The molecule has 1 aromatic carbocycles. The topological polar surface area (TPSA) is 55.8 Å². The molecule has 0 heterocycles. The van der Waals surface area contributed by atoms with Crippen LogP contribution >= 0.6 is 11.6 Å². The minimum atomic E-state index is -2.32. The molecule has 0 aliphatic carbocycles. The third-order valence-electron chi connectivity index (χ3n) is 3.17. The van der Waals surface area contributed by atoms with Crippen molar-refractivity contribution >= 4 is 23.0 Å². The van der Waals surface area contributed by atoms with Crippen LogP contribution in [0.25, 0.3) is 0 Å². The molecule has 0 spiro atoms. The van der Waals surface area contributed by atoms with E-state index in [2.05, 4.69) is 25.0 Å². The summed E-state index contributed by atoms with van der Waals surface area (Å²) < 4.78 is 29.6. The van der Waals surface area contributed by atoms with Crippen LogP contribution in [-0.4, -0.2) is 26.3 Å². The van der Waals surface area contributed by atoms with E-state index in [4.69, 9.17) is 20.9 Å². The highest BCUT2D eigenvalue weighted by molar-refractivity contribution is 7.74. The highest BCUT2D eigenvalue weighted by Crippen LogP contribution is 2.28. The molecule has 1 N–H and O–H groups in total. The second kappa shape index (κ2) is 7.09. The van der Waals surface area contributed by atoms with Crippen molar-refractivity contribution in [3.8, 4) is 5.75 Å². The maximum absolute atomic E-state index is 10.5. The number of hydrogen-bond acceptors (Lipinski definition) is 3. The van der Waals surface area contributed by atoms with E-state index in [-0.39, 0.29) is 12.0 Å². The van der Waals surface area contributed by atoms with Crippen LogP contribution in [0.1, 0.15) is 40.2 Å². The average molecular weight is 335 g/mol. The lowest BCUT2D eigenvalue weighted by atomic mass is 9.87. The summed E-state index contributed by atoms with van der Waals surface area (Å²) >= 11 is 3.85. The minimum Gasteiger partial charge on any atom is -0.486 e. The van der Waals surface area contributed by atoms with E-state index >= 15 is 0 Å². The monoisotopic (exact) mass is 334 g/mol. The van der Waals surface area contributed by atoms with Crippen LogP contribution in [0.3, 0.4) is 0 Å². The molecule has 0 saturated carbocycles. The molecule has 0 aliphatic heterocycles. The third kappa shape index (κ3) is 5.94. The number of rotatable bonds is 6. The van der Waals surface area contributed by atoms with Gasteiger partial charge in [0, 0.05) is 0 Å². The smallest absolute Gasteiger partial charge is 0.301 e. The predicted molar refractivity (Wildman–Crippen MR) is 86.2 cm³/mol. The minimum absolute atomic E-state index is 0.0717. The van der Waals surface area contributed by atoms with Gasteiger partial charge in [0.1, 0.15) is 11.4 Å². The summed E-state index contributed by atoms with van der Waals surface area (Å²) in [5, 5.41) is -0.559. The van der Waals surface area contributed by atoms with Gasteiger partial charge in [-0.25, -0.2) is 0 Å². The standard InChI is InChI=1S/C15H23ClO4S/c1-14(2,3)11-6-8-12(9-7-11)20-15(4,5)13(16)10-19-21(17)18/h6-9,13H,10H2,1-5H3,(H,17,18). The predicted octanol–water partition coefficient (Wildman–Crippen LogP) is 3.90. The number of hydrogen-bond donors (Lipinski definition) is 1. The number of halogens is 1. The number of ether oxygens (including phenoxy) is 1. The Hall–Kier alpha value is -0.620. The SMILES string of the molecule is CC(C)(C)c1ccc(OC(C)(C)C(Cl)COS(=O)O)cc1. The molecule has 0 bridgehead atoms. The Kier molecular flexibility index (Phi) is 6.23. The van der Waals surface area contributed by atoms with Gasteiger partial charge in [0.05, 0.1) is 12.0 Å². The Morgan fingerprint density at radius 2 is 1.71 bits per heavy atom. The van der Waals surface area contributed by atoms with Crippen molar-refractivity contribution < 1.29 is 17.7 Å². The van der Waals surface area contributed by atoms with Gasteiger partial charge in [-0.2, -0.15) is 4.21 Å². The molecule has 6 heteroatoms. The van der Waals surface area contributed by atoms with Gasteiger partial charge in [-0.1, -0.05) is 32.9 Å². The number of alkyl halides is 1. The van der Waals surface area contributed by atoms with Gasteiger partial charge in [0.25, 0.3) is 0 Å². The zero-order chi connectivity index (χ0) is 16.3. The van der Waals surface area contributed by atoms with E-state index in [1.165, 1.54) is 5.56 Å². The van der Waals surface area contributed by atoms with Gasteiger partial charge < -0.3 is 4.74 Å². The molecule has 21 heavy (non-hydrogen) atoms. The molecule has 0 amide bonds. The van der Waals surface area contributed by atoms with Gasteiger partial charge in [-0.15, -0.1) is 11.6 Å². The highest BCUT2D eigenvalue weighted by Gasteiger charge is 2.31. The van der Waals surface area contributed by atoms with Gasteiger partial charge in [0.15, 0.2) is 0 Å². The first-order chi connectivity index (χ1) is 9.52. The lowest BCUT2D eigenvalue weighted by Gasteiger charge is -2.31. The van der Waals surface area contributed by atoms with E-state index < -0.39 is 22.3 Å². The zero-order valence-electron chi connectivity index (χ0n) is 13.1. The van der Waals surface area contributed by atoms with Crippen molar-refractivity contribution in [3.05, 3.63) is 29.8 Å². The summed E-state index contributed by atoms with van der Waals surface area (Å²) in [6.07, 6.45) is 0. The molecule has 0 aliphatic rings. The van der Waals surface area contributed by atoms with Crippen LogP contribution in [-0.2, 0) is 21.0 Å². The molecule has 0 fully saturated rings. The van der Waals surface area contributed by atoms with Crippen LogP contribution in [0.5, 0.6) is 5.75 Å². The molecule has 1 rings (SSSR count). The fourth-order valence-electron chi connectivity index (χ4n) is 1.71. The zero-order valence-corrected chi connectivity index (χ0v) is 14.6. The van der Waals surface area contributed by atoms with Crippen molar-refractivity contribution in [2.24, 2.45) is 0 Å². The summed E-state index contributed by atoms with van der Waals surface area (Å²) in [5.74, 6) is 0.698. The van der Waals surface area contributed by atoms with Gasteiger partial charge in [0.2, 0.25) is 0 Å².